The van der Waals surface area contributed by atoms with Crippen molar-refractivity contribution in [2.75, 3.05) is 6.61 Å². The third kappa shape index (κ3) is 23.5. The zero-order valence-electron chi connectivity index (χ0n) is 26.1. The molecule has 0 saturated heterocycles. The van der Waals surface area contributed by atoms with Gasteiger partial charge in [-0.2, -0.15) is 0 Å². The maximum atomic E-state index is 12.4. The van der Waals surface area contributed by atoms with Crippen LogP contribution in [-0.4, -0.2) is 57.3 Å². The van der Waals surface area contributed by atoms with Crippen LogP contribution in [0.2, 0.25) is 0 Å². The third-order valence-electron chi connectivity index (χ3n) is 7.64. The number of unbranched alkanes of at least 4 members (excludes halogenated alkanes) is 16. The molecule has 4 unspecified atom stereocenters. The Hall–Kier alpha value is -1.21. The van der Waals surface area contributed by atoms with Crippen molar-refractivity contribution in [3.8, 4) is 0 Å². The molecule has 0 saturated carbocycles. The van der Waals surface area contributed by atoms with E-state index in [2.05, 4.69) is 43.5 Å². The number of aliphatic hydroxyl groups excluding tert-OH is 4. The molecule has 0 aromatic rings. The van der Waals surface area contributed by atoms with Crippen molar-refractivity contribution >= 4 is 5.91 Å². The van der Waals surface area contributed by atoms with Gasteiger partial charge in [-0.15, -0.1) is 0 Å². The van der Waals surface area contributed by atoms with Crippen LogP contribution < -0.4 is 5.32 Å². The van der Waals surface area contributed by atoms with Gasteiger partial charge in [-0.3, -0.25) is 4.79 Å². The minimum Gasteiger partial charge on any atom is -0.394 e. The highest BCUT2D eigenvalue weighted by atomic mass is 16.3. The maximum absolute atomic E-state index is 12.4. The molecule has 0 fully saturated rings. The summed E-state index contributed by atoms with van der Waals surface area (Å²) >= 11 is 0. The van der Waals surface area contributed by atoms with Gasteiger partial charge in [0, 0.05) is 0 Å². The lowest BCUT2D eigenvalue weighted by atomic mass is 10.00. The summed E-state index contributed by atoms with van der Waals surface area (Å²) in [5, 5.41) is 43.2. The van der Waals surface area contributed by atoms with E-state index in [0.717, 1.165) is 44.9 Å². The van der Waals surface area contributed by atoms with Crippen LogP contribution in [0.25, 0.3) is 0 Å². The Kier molecular flexibility index (Phi) is 28.4. The van der Waals surface area contributed by atoms with Crippen molar-refractivity contribution in [2.45, 2.75) is 179 Å². The van der Waals surface area contributed by atoms with E-state index in [1.807, 2.05) is 0 Å². The lowest BCUT2D eigenvalue weighted by molar-refractivity contribution is -0.132. The zero-order chi connectivity index (χ0) is 29.7. The van der Waals surface area contributed by atoms with E-state index >= 15 is 0 Å². The van der Waals surface area contributed by atoms with Crippen LogP contribution in [0.1, 0.15) is 155 Å². The molecule has 6 nitrogen and oxygen atoms in total. The number of rotatable bonds is 29. The highest BCUT2D eigenvalue weighted by Gasteiger charge is 2.28. The highest BCUT2D eigenvalue weighted by molar-refractivity contribution is 5.80. The van der Waals surface area contributed by atoms with Gasteiger partial charge in [0.05, 0.1) is 18.8 Å². The first-order valence-electron chi connectivity index (χ1n) is 16.7. The van der Waals surface area contributed by atoms with Crippen molar-refractivity contribution < 1.29 is 25.2 Å². The van der Waals surface area contributed by atoms with Gasteiger partial charge in [-0.05, 0) is 44.9 Å². The Balaban J connectivity index is 3.93. The molecule has 0 aliphatic rings. The van der Waals surface area contributed by atoms with Gasteiger partial charge in [-0.1, -0.05) is 134 Å². The van der Waals surface area contributed by atoms with Gasteiger partial charge >= 0.3 is 0 Å². The topological polar surface area (TPSA) is 110 Å². The van der Waals surface area contributed by atoms with Gasteiger partial charge in [0.2, 0.25) is 5.91 Å². The molecule has 0 aromatic carbocycles. The summed E-state index contributed by atoms with van der Waals surface area (Å²) in [5.74, 6) is -0.601. The number of carbonyl (C=O) groups excluding carboxylic acids is 1. The van der Waals surface area contributed by atoms with E-state index in [0.29, 0.717) is 19.3 Å². The second-order valence-corrected chi connectivity index (χ2v) is 11.5. The fourth-order valence-electron chi connectivity index (χ4n) is 4.87. The van der Waals surface area contributed by atoms with E-state index in [1.54, 1.807) is 0 Å². The first kappa shape index (κ1) is 38.8. The smallest absolute Gasteiger partial charge is 0.249 e. The summed E-state index contributed by atoms with van der Waals surface area (Å²) in [4.78, 5) is 12.4. The lowest BCUT2D eigenvalue weighted by Gasteiger charge is -2.27. The molecule has 4 atom stereocenters. The van der Waals surface area contributed by atoms with E-state index in [1.165, 1.54) is 77.0 Å². The lowest BCUT2D eigenvalue weighted by Crippen LogP contribution is -2.53. The Morgan fingerprint density at radius 3 is 1.55 bits per heavy atom. The van der Waals surface area contributed by atoms with Gasteiger partial charge in [0.1, 0.15) is 12.2 Å². The average Bonchev–Trinajstić information content (AvgIpc) is 2.96. The third-order valence-corrected chi connectivity index (χ3v) is 7.64. The highest BCUT2D eigenvalue weighted by Crippen LogP contribution is 2.14. The van der Waals surface area contributed by atoms with Gasteiger partial charge < -0.3 is 25.7 Å². The van der Waals surface area contributed by atoms with Crippen molar-refractivity contribution in [1.82, 2.24) is 5.32 Å². The quantitative estimate of drug-likeness (QED) is 0.0482. The van der Waals surface area contributed by atoms with Crippen molar-refractivity contribution in [2.24, 2.45) is 0 Å². The van der Waals surface area contributed by atoms with Crippen LogP contribution >= 0.6 is 0 Å². The van der Waals surface area contributed by atoms with E-state index in [9.17, 15) is 25.2 Å². The first-order valence-corrected chi connectivity index (χ1v) is 16.7. The summed E-state index contributed by atoms with van der Waals surface area (Å²) in [6, 6.07) is -1.00. The van der Waals surface area contributed by atoms with Crippen LogP contribution in [-0.2, 0) is 4.79 Å². The maximum Gasteiger partial charge on any atom is 0.249 e. The molecular formula is C34H65NO5. The fraction of sp³-hybridized carbons (Fsp3) is 0.853. The van der Waals surface area contributed by atoms with E-state index in [-0.39, 0.29) is 0 Å². The summed E-state index contributed by atoms with van der Waals surface area (Å²) < 4.78 is 0. The number of aliphatic hydroxyl groups is 4. The number of hydrogen-bond acceptors (Lipinski definition) is 5. The van der Waals surface area contributed by atoms with Gasteiger partial charge in [0.25, 0.3) is 0 Å². The number of hydrogen-bond donors (Lipinski definition) is 5. The van der Waals surface area contributed by atoms with Crippen molar-refractivity contribution in [3.63, 3.8) is 0 Å². The first-order chi connectivity index (χ1) is 19.5. The van der Waals surface area contributed by atoms with Crippen LogP contribution in [0, 0.1) is 0 Å². The minimum atomic E-state index is -1.28. The van der Waals surface area contributed by atoms with Gasteiger partial charge in [0.15, 0.2) is 0 Å². The molecule has 0 aromatic heterocycles. The van der Waals surface area contributed by atoms with Crippen LogP contribution in [0.4, 0.5) is 0 Å². The molecule has 0 aliphatic heterocycles. The molecule has 5 N–H and O–H groups in total. The van der Waals surface area contributed by atoms with Crippen molar-refractivity contribution in [3.05, 3.63) is 24.3 Å². The number of amides is 1. The largest absolute Gasteiger partial charge is 0.394 e. The second kappa shape index (κ2) is 29.3. The second-order valence-electron chi connectivity index (χ2n) is 11.5. The summed E-state index contributed by atoms with van der Waals surface area (Å²) in [6.45, 7) is 3.94. The fourth-order valence-corrected chi connectivity index (χ4v) is 4.87. The molecule has 0 spiro atoms. The van der Waals surface area contributed by atoms with Gasteiger partial charge in [-0.25, -0.2) is 0 Å². The molecular weight excluding hydrogens is 502 g/mol. The molecule has 6 heteroatoms. The van der Waals surface area contributed by atoms with Crippen molar-refractivity contribution in [1.29, 1.82) is 0 Å². The molecule has 236 valence electrons. The molecule has 0 aliphatic carbocycles. The van der Waals surface area contributed by atoms with Crippen LogP contribution in [0.15, 0.2) is 24.3 Å². The molecule has 0 heterocycles. The molecule has 0 bridgehead atoms. The summed E-state index contributed by atoms with van der Waals surface area (Å²) in [5.41, 5.74) is 0. The monoisotopic (exact) mass is 567 g/mol. The normalized spacial score (nSPS) is 15.1. The predicted octanol–water partition coefficient (Wildman–Crippen LogP) is 7.28. The Labute approximate surface area is 246 Å². The van der Waals surface area contributed by atoms with Crippen LogP contribution in [0.5, 0.6) is 0 Å². The van der Waals surface area contributed by atoms with E-state index < -0.39 is 36.9 Å². The summed E-state index contributed by atoms with van der Waals surface area (Å²) in [7, 11) is 0. The van der Waals surface area contributed by atoms with Crippen LogP contribution in [0.3, 0.4) is 0 Å². The minimum absolute atomic E-state index is 0.362. The molecule has 0 rings (SSSR count). The zero-order valence-corrected chi connectivity index (χ0v) is 26.1. The number of nitrogens with one attached hydrogen (secondary N) is 1. The predicted molar refractivity (Wildman–Crippen MR) is 168 cm³/mol. The SMILES string of the molecule is CCCC/C=C/CC/C=C/CCCC(O)C(O)C(CO)NC(=O)C(O)CCCCCCCCCCCCCCC. The molecule has 0 radical (unpaired) electrons. The summed E-state index contributed by atoms with van der Waals surface area (Å²) in [6.07, 6.45) is 29.1. The molecule has 1 amide bonds. The Bertz CT molecular complexity index is 609. The van der Waals surface area contributed by atoms with E-state index in [4.69, 9.17) is 0 Å². The number of allylic oxidation sites excluding steroid dienone is 4. The average molecular weight is 568 g/mol. The molecule has 40 heavy (non-hydrogen) atoms. The Morgan fingerprint density at radius 1 is 0.600 bits per heavy atom. The Morgan fingerprint density at radius 2 is 1.05 bits per heavy atom. The standard InChI is InChI=1S/C34H65NO5/c1-3-5-7-9-11-13-15-16-18-20-22-24-26-28-32(38)34(40)35-30(29-36)33(39)31(37)27-25-23-21-19-17-14-12-10-8-6-4-2/h10,12,19,21,30-33,36-39H,3-9,11,13-18,20,22-29H2,1-2H3,(H,35,40)/b12-10+,21-19+. The number of carbonyl (C=O) groups is 1.